The van der Waals surface area contributed by atoms with Crippen molar-refractivity contribution in [1.29, 1.82) is 0 Å². The normalized spacial score (nSPS) is 11.2. The molecule has 0 radical (unpaired) electrons. The summed E-state index contributed by atoms with van der Waals surface area (Å²) >= 11 is 0. The summed E-state index contributed by atoms with van der Waals surface area (Å²) in [7, 11) is 3.81. The average Bonchev–Trinajstić information content (AvgIpc) is 2.43. The second kappa shape index (κ2) is 9.92. The van der Waals surface area contributed by atoms with E-state index in [0.29, 0.717) is 19.8 Å². The fourth-order valence-corrected chi connectivity index (χ4v) is 1.96. The van der Waals surface area contributed by atoms with E-state index >= 15 is 0 Å². The van der Waals surface area contributed by atoms with Crippen LogP contribution in [0, 0.1) is 0 Å². The van der Waals surface area contributed by atoms with Gasteiger partial charge >= 0.3 is 0 Å². The predicted octanol–water partition coefficient (Wildman–Crippen LogP) is 1.63. The second-order valence-corrected chi connectivity index (χ2v) is 4.67. The van der Waals surface area contributed by atoms with Crippen LogP contribution in [0.15, 0.2) is 24.3 Å². The zero-order chi connectivity index (χ0) is 13.9. The van der Waals surface area contributed by atoms with Crippen molar-refractivity contribution in [2.75, 3.05) is 40.5 Å². The van der Waals surface area contributed by atoms with Crippen LogP contribution < -0.4 is 5.73 Å². The third-order valence-corrected chi connectivity index (χ3v) is 3.04. The molecular formula is C15H26N2O2. The molecule has 0 heterocycles. The molecule has 0 fully saturated rings. The van der Waals surface area contributed by atoms with Crippen molar-refractivity contribution < 1.29 is 9.47 Å². The molecule has 2 N–H and O–H groups in total. The Morgan fingerprint density at radius 1 is 1.11 bits per heavy atom. The Morgan fingerprint density at radius 2 is 1.84 bits per heavy atom. The third kappa shape index (κ3) is 6.68. The summed E-state index contributed by atoms with van der Waals surface area (Å²) in [6.07, 6.45) is 1.03. The van der Waals surface area contributed by atoms with Crippen LogP contribution in [-0.2, 0) is 22.6 Å². The lowest BCUT2D eigenvalue weighted by Gasteiger charge is -2.18. The summed E-state index contributed by atoms with van der Waals surface area (Å²) in [4.78, 5) is 2.30. The van der Waals surface area contributed by atoms with E-state index in [1.807, 2.05) is 6.07 Å². The number of rotatable bonds is 10. The predicted molar refractivity (Wildman–Crippen MR) is 78.0 cm³/mol. The van der Waals surface area contributed by atoms with E-state index in [-0.39, 0.29) is 0 Å². The minimum Gasteiger partial charge on any atom is -0.382 e. The molecule has 19 heavy (non-hydrogen) atoms. The van der Waals surface area contributed by atoms with E-state index in [4.69, 9.17) is 15.2 Å². The van der Waals surface area contributed by atoms with Crippen molar-refractivity contribution in [2.24, 2.45) is 5.73 Å². The van der Waals surface area contributed by atoms with Gasteiger partial charge in [-0.2, -0.15) is 0 Å². The molecule has 0 aromatic heterocycles. The SMILES string of the molecule is COCCOCCCN(C)Cc1ccccc1CN. The maximum Gasteiger partial charge on any atom is 0.0700 e. The number of ether oxygens (including phenoxy) is 2. The van der Waals surface area contributed by atoms with Crippen LogP contribution in [-0.4, -0.2) is 45.4 Å². The Morgan fingerprint density at radius 3 is 2.53 bits per heavy atom. The Labute approximate surface area is 116 Å². The Kier molecular flexibility index (Phi) is 8.41. The molecular weight excluding hydrogens is 240 g/mol. The number of nitrogens with zero attached hydrogens (tertiary/aromatic N) is 1. The van der Waals surface area contributed by atoms with Crippen LogP contribution in [0.2, 0.25) is 0 Å². The Balaban J connectivity index is 2.21. The standard InChI is InChI=1S/C15H26N2O2/c1-17(8-5-9-19-11-10-18-2)13-15-7-4-3-6-14(15)12-16/h3-4,6-7H,5,8-13,16H2,1-2H3. The lowest BCUT2D eigenvalue weighted by molar-refractivity contribution is 0.0660. The largest absolute Gasteiger partial charge is 0.382 e. The minimum absolute atomic E-state index is 0.601. The highest BCUT2D eigenvalue weighted by Crippen LogP contribution is 2.10. The molecule has 1 aromatic rings. The maximum atomic E-state index is 5.74. The Hall–Kier alpha value is -0.940. The molecule has 1 rings (SSSR count). The molecule has 0 unspecified atom stereocenters. The highest BCUT2D eigenvalue weighted by molar-refractivity contribution is 5.26. The quantitative estimate of drug-likeness (QED) is 0.654. The lowest BCUT2D eigenvalue weighted by Crippen LogP contribution is -2.21. The van der Waals surface area contributed by atoms with Gasteiger partial charge in [-0.15, -0.1) is 0 Å². The van der Waals surface area contributed by atoms with Gasteiger partial charge in [0.1, 0.15) is 0 Å². The van der Waals surface area contributed by atoms with Crippen molar-refractivity contribution in [1.82, 2.24) is 4.90 Å². The second-order valence-electron chi connectivity index (χ2n) is 4.67. The molecule has 0 saturated carbocycles. The highest BCUT2D eigenvalue weighted by Gasteiger charge is 2.04. The van der Waals surface area contributed by atoms with Crippen molar-refractivity contribution in [3.8, 4) is 0 Å². The summed E-state index contributed by atoms with van der Waals surface area (Å²) in [5, 5.41) is 0. The van der Waals surface area contributed by atoms with Crippen molar-refractivity contribution in [2.45, 2.75) is 19.5 Å². The van der Waals surface area contributed by atoms with E-state index in [9.17, 15) is 0 Å². The molecule has 4 heteroatoms. The number of hydrogen-bond acceptors (Lipinski definition) is 4. The number of benzene rings is 1. The average molecular weight is 266 g/mol. The van der Waals surface area contributed by atoms with Gasteiger partial charge in [0.05, 0.1) is 13.2 Å². The van der Waals surface area contributed by atoms with Gasteiger partial charge in [0.15, 0.2) is 0 Å². The molecule has 0 aliphatic rings. The van der Waals surface area contributed by atoms with Gasteiger partial charge in [0, 0.05) is 33.4 Å². The van der Waals surface area contributed by atoms with Crippen LogP contribution in [0.3, 0.4) is 0 Å². The summed E-state index contributed by atoms with van der Waals surface area (Å²) in [5.74, 6) is 0. The number of methoxy groups -OCH3 is 1. The zero-order valence-electron chi connectivity index (χ0n) is 12.1. The summed E-state index contributed by atoms with van der Waals surface area (Å²) in [5.41, 5.74) is 8.28. The van der Waals surface area contributed by atoms with Gasteiger partial charge in [-0.1, -0.05) is 24.3 Å². The van der Waals surface area contributed by atoms with Gasteiger partial charge in [0.2, 0.25) is 0 Å². The van der Waals surface area contributed by atoms with E-state index < -0.39 is 0 Å². The molecule has 1 aromatic carbocycles. The van der Waals surface area contributed by atoms with Gasteiger partial charge < -0.3 is 20.1 Å². The zero-order valence-corrected chi connectivity index (χ0v) is 12.1. The molecule has 0 bridgehead atoms. The fraction of sp³-hybridized carbons (Fsp3) is 0.600. The molecule has 0 aliphatic heterocycles. The molecule has 0 saturated heterocycles. The Bertz CT molecular complexity index is 345. The van der Waals surface area contributed by atoms with E-state index in [1.165, 1.54) is 11.1 Å². The van der Waals surface area contributed by atoms with E-state index in [1.54, 1.807) is 7.11 Å². The maximum absolute atomic E-state index is 5.74. The molecule has 4 nitrogen and oxygen atoms in total. The molecule has 0 aliphatic carbocycles. The molecule has 0 atom stereocenters. The van der Waals surface area contributed by atoms with Crippen LogP contribution in [0.1, 0.15) is 17.5 Å². The first-order valence-corrected chi connectivity index (χ1v) is 6.80. The van der Waals surface area contributed by atoms with Gasteiger partial charge in [0.25, 0.3) is 0 Å². The van der Waals surface area contributed by atoms with Crippen LogP contribution >= 0.6 is 0 Å². The first-order chi connectivity index (χ1) is 9.27. The van der Waals surface area contributed by atoms with Crippen LogP contribution in [0.4, 0.5) is 0 Å². The summed E-state index contributed by atoms with van der Waals surface area (Å²) in [6.45, 7) is 4.68. The molecule has 0 amide bonds. The topological polar surface area (TPSA) is 47.7 Å². The van der Waals surface area contributed by atoms with E-state index in [0.717, 1.165) is 26.1 Å². The third-order valence-electron chi connectivity index (χ3n) is 3.04. The van der Waals surface area contributed by atoms with Crippen molar-refractivity contribution in [3.05, 3.63) is 35.4 Å². The number of hydrogen-bond donors (Lipinski definition) is 1. The minimum atomic E-state index is 0.601. The lowest BCUT2D eigenvalue weighted by atomic mass is 10.1. The van der Waals surface area contributed by atoms with Crippen LogP contribution in [0.5, 0.6) is 0 Å². The molecule has 0 spiro atoms. The van der Waals surface area contributed by atoms with Gasteiger partial charge in [-0.3, -0.25) is 0 Å². The van der Waals surface area contributed by atoms with Crippen LogP contribution in [0.25, 0.3) is 0 Å². The smallest absolute Gasteiger partial charge is 0.0700 e. The van der Waals surface area contributed by atoms with Crippen molar-refractivity contribution in [3.63, 3.8) is 0 Å². The van der Waals surface area contributed by atoms with Crippen molar-refractivity contribution >= 4 is 0 Å². The van der Waals surface area contributed by atoms with Gasteiger partial charge in [-0.05, 0) is 24.6 Å². The molecule has 108 valence electrons. The summed E-state index contributed by atoms with van der Waals surface area (Å²) in [6, 6.07) is 8.34. The highest BCUT2D eigenvalue weighted by atomic mass is 16.5. The van der Waals surface area contributed by atoms with Gasteiger partial charge in [-0.25, -0.2) is 0 Å². The first kappa shape index (κ1) is 16.1. The van der Waals surface area contributed by atoms with E-state index in [2.05, 4.69) is 30.1 Å². The number of nitrogens with two attached hydrogens (primary N) is 1. The monoisotopic (exact) mass is 266 g/mol. The fourth-order valence-electron chi connectivity index (χ4n) is 1.96. The first-order valence-electron chi connectivity index (χ1n) is 6.80. The summed E-state index contributed by atoms with van der Waals surface area (Å²) < 4.78 is 10.4.